The average molecular weight is 445 g/mol. The van der Waals surface area contributed by atoms with Crippen molar-refractivity contribution in [2.24, 2.45) is 0 Å². The minimum Gasteiger partial charge on any atom is -0.481 e. The van der Waals surface area contributed by atoms with Gasteiger partial charge in [-0.3, -0.25) is 9.59 Å². The Morgan fingerprint density at radius 2 is 1.61 bits per heavy atom. The van der Waals surface area contributed by atoms with Gasteiger partial charge >= 0.3 is 0 Å². The molecule has 0 radical (unpaired) electrons. The molecule has 5 nitrogen and oxygen atoms in total. The summed E-state index contributed by atoms with van der Waals surface area (Å²) in [5.41, 5.74) is 3.37. The smallest absolute Gasteiger partial charge is 0.265 e. The molecule has 0 saturated carbocycles. The van der Waals surface area contributed by atoms with E-state index in [0.717, 1.165) is 5.56 Å². The summed E-state index contributed by atoms with van der Waals surface area (Å²) < 4.78 is 5.81. The van der Waals surface area contributed by atoms with Crippen molar-refractivity contribution >= 4 is 17.5 Å². The summed E-state index contributed by atoms with van der Waals surface area (Å²) in [6.45, 7) is 8.66. The van der Waals surface area contributed by atoms with E-state index in [2.05, 4.69) is 26.1 Å². The summed E-state index contributed by atoms with van der Waals surface area (Å²) in [6, 6.07) is 24.6. The number of ether oxygens (including phenoxy) is 1. The van der Waals surface area contributed by atoms with E-state index in [0.29, 0.717) is 23.5 Å². The molecule has 3 aromatic rings. The summed E-state index contributed by atoms with van der Waals surface area (Å²) in [5.74, 6) is 0.243. The molecule has 0 aliphatic heterocycles. The maximum absolute atomic E-state index is 12.8. The van der Waals surface area contributed by atoms with Gasteiger partial charge in [-0.05, 0) is 53.8 Å². The molecule has 1 N–H and O–H groups in total. The molecule has 0 saturated heterocycles. The maximum atomic E-state index is 12.8. The van der Waals surface area contributed by atoms with Crippen molar-refractivity contribution in [2.75, 3.05) is 12.4 Å². The lowest BCUT2D eigenvalue weighted by molar-refractivity contribution is -0.122. The van der Waals surface area contributed by atoms with Crippen LogP contribution in [0.2, 0.25) is 0 Å². The second kappa shape index (κ2) is 10.3. The van der Waals surface area contributed by atoms with Gasteiger partial charge in [-0.1, -0.05) is 69.3 Å². The van der Waals surface area contributed by atoms with Crippen molar-refractivity contribution in [1.29, 1.82) is 0 Å². The van der Waals surface area contributed by atoms with Crippen LogP contribution in [-0.2, 0) is 16.8 Å². The second-order valence-electron chi connectivity index (χ2n) is 9.25. The van der Waals surface area contributed by atoms with Crippen LogP contribution >= 0.6 is 0 Å². The molecule has 172 valence electrons. The number of nitrogens with one attached hydrogen (secondary N) is 1. The van der Waals surface area contributed by atoms with Crippen LogP contribution in [-0.4, -0.2) is 29.9 Å². The van der Waals surface area contributed by atoms with E-state index in [4.69, 9.17) is 4.74 Å². The number of anilines is 1. The highest BCUT2D eigenvalue weighted by Gasteiger charge is 2.18. The van der Waals surface area contributed by atoms with E-state index in [1.54, 1.807) is 43.1 Å². The molecule has 0 heterocycles. The van der Waals surface area contributed by atoms with Crippen molar-refractivity contribution in [3.8, 4) is 5.75 Å². The van der Waals surface area contributed by atoms with Gasteiger partial charge in [-0.15, -0.1) is 0 Å². The Morgan fingerprint density at radius 1 is 0.939 bits per heavy atom. The van der Waals surface area contributed by atoms with Crippen molar-refractivity contribution in [1.82, 2.24) is 4.90 Å². The molecule has 5 heteroatoms. The number of rotatable bonds is 7. The Bertz CT molecular complexity index is 1090. The summed E-state index contributed by atoms with van der Waals surface area (Å²) in [7, 11) is 1.77. The van der Waals surface area contributed by atoms with Crippen LogP contribution < -0.4 is 10.1 Å². The third-order valence-electron chi connectivity index (χ3n) is 5.39. The van der Waals surface area contributed by atoms with E-state index >= 15 is 0 Å². The Morgan fingerprint density at radius 3 is 2.24 bits per heavy atom. The van der Waals surface area contributed by atoms with Gasteiger partial charge in [0.2, 0.25) is 0 Å². The van der Waals surface area contributed by atoms with Gasteiger partial charge in [-0.2, -0.15) is 0 Å². The van der Waals surface area contributed by atoms with Crippen molar-refractivity contribution in [3.63, 3.8) is 0 Å². The topological polar surface area (TPSA) is 58.6 Å². The average Bonchev–Trinajstić information content (AvgIpc) is 2.79. The molecular formula is C28H32N2O3. The van der Waals surface area contributed by atoms with Gasteiger partial charge < -0.3 is 15.0 Å². The van der Waals surface area contributed by atoms with Crippen LogP contribution in [0.1, 0.15) is 49.2 Å². The van der Waals surface area contributed by atoms with Gasteiger partial charge in [-0.25, -0.2) is 0 Å². The van der Waals surface area contributed by atoms with Gasteiger partial charge in [0.15, 0.2) is 6.10 Å². The first-order valence-electron chi connectivity index (χ1n) is 11.1. The minimum atomic E-state index is -0.689. The Kier molecular flexibility index (Phi) is 7.54. The molecule has 0 bridgehead atoms. The van der Waals surface area contributed by atoms with Crippen molar-refractivity contribution < 1.29 is 14.3 Å². The quantitative estimate of drug-likeness (QED) is 0.511. The van der Waals surface area contributed by atoms with E-state index in [1.807, 2.05) is 54.6 Å². The fraction of sp³-hybridized carbons (Fsp3) is 0.286. The van der Waals surface area contributed by atoms with E-state index in [9.17, 15) is 9.59 Å². The minimum absolute atomic E-state index is 0.0547. The molecule has 1 unspecified atom stereocenters. The third-order valence-corrected chi connectivity index (χ3v) is 5.39. The first-order valence-corrected chi connectivity index (χ1v) is 11.1. The number of carbonyl (C=O) groups is 2. The lowest BCUT2D eigenvalue weighted by atomic mass is 9.87. The zero-order valence-electron chi connectivity index (χ0n) is 20.0. The highest BCUT2D eigenvalue weighted by Crippen LogP contribution is 2.25. The zero-order valence-corrected chi connectivity index (χ0v) is 20.0. The molecule has 0 aliphatic rings. The van der Waals surface area contributed by atoms with Gasteiger partial charge in [0.25, 0.3) is 11.8 Å². The Labute approximate surface area is 196 Å². The summed E-state index contributed by atoms with van der Waals surface area (Å²) in [4.78, 5) is 27.2. The highest BCUT2D eigenvalue weighted by molar-refractivity contribution is 5.98. The number of nitrogens with zero attached hydrogens (tertiary/aromatic N) is 1. The first-order chi connectivity index (χ1) is 15.6. The second-order valence-corrected chi connectivity index (χ2v) is 9.25. The van der Waals surface area contributed by atoms with Crippen molar-refractivity contribution in [2.45, 2.75) is 45.8 Å². The standard InChI is InChI=1S/C28H32N2O3/c1-20(33-25-16-14-23(15-17-25)28(2,3)4)26(31)29-24-13-9-12-22(18-24)27(32)30(5)19-21-10-7-6-8-11-21/h6-18,20H,19H2,1-5H3,(H,29,31). The molecular weight excluding hydrogens is 412 g/mol. The number of carbonyl (C=O) groups excluding carboxylic acids is 2. The SMILES string of the molecule is CC(Oc1ccc(C(C)(C)C)cc1)C(=O)Nc1cccc(C(=O)N(C)Cc2ccccc2)c1. The van der Waals surface area contributed by atoms with Crippen LogP contribution in [0.15, 0.2) is 78.9 Å². The lowest BCUT2D eigenvalue weighted by Gasteiger charge is -2.20. The summed E-state index contributed by atoms with van der Waals surface area (Å²) in [6.07, 6.45) is -0.689. The van der Waals surface area contributed by atoms with Crippen LogP contribution in [0.25, 0.3) is 0 Å². The molecule has 0 fully saturated rings. The Hall–Kier alpha value is -3.60. The van der Waals surface area contributed by atoms with E-state index in [1.165, 1.54) is 5.56 Å². The fourth-order valence-corrected chi connectivity index (χ4v) is 3.41. The van der Waals surface area contributed by atoms with Crippen LogP contribution in [0.4, 0.5) is 5.69 Å². The molecule has 3 aromatic carbocycles. The van der Waals surface area contributed by atoms with Crippen LogP contribution in [0, 0.1) is 0 Å². The fourth-order valence-electron chi connectivity index (χ4n) is 3.41. The van der Waals surface area contributed by atoms with Gasteiger partial charge in [0.05, 0.1) is 0 Å². The first kappa shape index (κ1) is 24.1. The molecule has 3 rings (SSSR count). The summed E-state index contributed by atoms with van der Waals surface area (Å²) in [5, 5.41) is 2.85. The monoisotopic (exact) mass is 444 g/mol. The maximum Gasteiger partial charge on any atom is 0.265 e. The van der Waals surface area contributed by atoms with Gasteiger partial charge in [0.1, 0.15) is 5.75 Å². The summed E-state index contributed by atoms with van der Waals surface area (Å²) >= 11 is 0. The largest absolute Gasteiger partial charge is 0.481 e. The number of amides is 2. The Balaban J connectivity index is 1.60. The molecule has 0 aromatic heterocycles. The normalized spacial score (nSPS) is 12.0. The van der Waals surface area contributed by atoms with Crippen LogP contribution in [0.5, 0.6) is 5.75 Å². The number of hydrogen-bond donors (Lipinski definition) is 1. The predicted octanol–water partition coefficient (Wildman–Crippen LogP) is 5.66. The van der Waals surface area contributed by atoms with Crippen molar-refractivity contribution in [3.05, 3.63) is 95.6 Å². The lowest BCUT2D eigenvalue weighted by Crippen LogP contribution is -2.30. The van der Waals surface area contributed by atoms with Crippen LogP contribution in [0.3, 0.4) is 0 Å². The highest BCUT2D eigenvalue weighted by atomic mass is 16.5. The zero-order chi connectivity index (χ0) is 24.0. The molecule has 0 aliphatic carbocycles. The number of hydrogen-bond acceptors (Lipinski definition) is 3. The van der Waals surface area contributed by atoms with E-state index in [-0.39, 0.29) is 17.2 Å². The molecule has 0 spiro atoms. The number of benzene rings is 3. The third kappa shape index (κ3) is 6.69. The molecule has 1 atom stereocenters. The van der Waals surface area contributed by atoms with E-state index < -0.39 is 6.10 Å². The predicted molar refractivity (Wildman–Crippen MR) is 133 cm³/mol. The molecule has 33 heavy (non-hydrogen) atoms. The van der Waals surface area contributed by atoms with Gasteiger partial charge in [0, 0.05) is 24.8 Å². The molecule has 2 amide bonds.